The second kappa shape index (κ2) is 6.60. The molecule has 3 rings (SSSR count). The first-order valence-corrected chi connectivity index (χ1v) is 7.69. The van der Waals surface area contributed by atoms with Gasteiger partial charge in [-0.15, -0.1) is 0 Å². The topological polar surface area (TPSA) is 101 Å². The number of fused-ring (bicyclic) bond motifs is 1. The maximum absolute atomic E-state index is 12.6. The molecule has 25 heavy (non-hydrogen) atoms. The lowest BCUT2D eigenvalue weighted by atomic mass is 10.1. The highest BCUT2D eigenvalue weighted by atomic mass is 16.2. The molecule has 8 heteroatoms. The predicted octanol–water partition coefficient (Wildman–Crippen LogP) is 1.52. The summed E-state index contributed by atoms with van der Waals surface area (Å²) in [7, 11) is 3.24. The van der Waals surface area contributed by atoms with Crippen molar-refractivity contribution in [3.63, 3.8) is 0 Å². The SMILES string of the molecule is CNC(=O)NNC(=O)c1cc(-c2ccccc2)nc2c1c(C)nn2C. The maximum Gasteiger partial charge on any atom is 0.333 e. The molecular weight excluding hydrogens is 320 g/mol. The number of nitrogens with zero attached hydrogens (tertiary/aromatic N) is 3. The van der Waals surface area contributed by atoms with E-state index in [9.17, 15) is 9.59 Å². The van der Waals surface area contributed by atoms with Crippen molar-refractivity contribution in [1.29, 1.82) is 0 Å². The molecule has 0 atom stereocenters. The molecular formula is C17H18N6O2. The molecule has 1 aromatic carbocycles. The van der Waals surface area contributed by atoms with Gasteiger partial charge in [-0.05, 0) is 13.0 Å². The van der Waals surface area contributed by atoms with E-state index < -0.39 is 11.9 Å². The molecule has 0 radical (unpaired) electrons. The highest BCUT2D eigenvalue weighted by molar-refractivity contribution is 6.07. The highest BCUT2D eigenvalue weighted by Crippen LogP contribution is 2.26. The number of urea groups is 1. The minimum atomic E-state index is -0.509. The molecule has 3 amide bonds. The molecule has 0 aliphatic carbocycles. The second-order valence-electron chi connectivity index (χ2n) is 5.49. The predicted molar refractivity (Wildman–Crippen MR) is 93.7 cm³/mol. The Hall–Kier alpha value is -3.42. The monoisotopic (exact) mass is 338 g/mol. The van der Waals surface area contributed by atoms with Crippen LogP contribution < -0.4 is 16.2 Å². The molecule has 2 aromatic heterocycles. The van der Waals surface area contributed by atoms with E-state index in [0.717, 1.165) is 5.56 Å². The second-order valence-corrected chi connectivity index (χ2v) is 5.49. The van der Waals surface area contributed by atoms with E-state index in [1.807, 2.05) is 37.3 Å². The zero-order valence-electron chi connectivity index (χ0n) is 14.1. The fraction of sp³-hybridized carbons (Fsp3) is 0.176. The zero-order valence-corrected chi connectivity index (χ0v) is 14.1. The first kappa shape index (κ1) is 16.4. The van der Waals surface area contributed by atoms with Crippen LogP contribution in [0.4, 0.5) is 4.79 Å². The van der Waals surface area contributed by atoms with Crippen LogP contribution in [0.2, 0.25) is 0 Å². The number of hydrogen-bond acceptors (Lipinski definition) is 4. The van der Waals surface area contributed by atoms with Gasteiger partial charge in [0.1, 0.15) is 0 Å². The van der Waals surface area contributed by atoms with Crippen LogP contribution >= 0.6 is 0 Å². The molecule has 0 bridgehead atoms. The molecule has 0 spiro atoms. The summed E-state index contributed by atoms with van der Waals surface area (Å²) in [6.07, 6.45) is 0. The van der Waals surface area contributed by atoms with Gasteiger partial charge < -0.3 is 5.32 Å². The number of rotatable bonds is 2. The summed E-state index contributed by atoms with van der Waals surface area (Å²) in [6, 6.07) is 10.8. The minimum Gasteiger partial charge on any atom is -0.340 e. The van der Waals surface area contributed by atoms with Crippen LogP contribution in [0.5, 0.6) is 0 Å². The Kier molecular flexibility index (Phi) is 4.34. The van der Waals surface area contributed by atoms with Gasteiger partial charge in [0.05, 0.1) is 22.3 Å². The lowest BCUT2D eigenvalue weighted by molar-refractivity contribution is 0.0938. The summed E-state index contributed by atoms with van der Waals surface area (Å²) in [6.45, 7) is 1.81. The number of hydrogen-bond donors (Lipinski definition) is 3. The van der Waals surface area contributed by atoms with Crippen molar-refractivity contribution < 1.29 is 9.59 Å². The summed E-state index contributed by atoms with van der Waals surface area (Å²) < 4.78 is 1.64. The summed E-state index contributed by atoms with van der Waals surface area (Å²) in [4.78, 5) is 28.6. The number of benzene rings is 1. The van der Waals surface area contributed by atoms with Crippen LogP contribution in [0.25, 0.3) is 22.3 Å². The fourth-order valence-electron chi connectivity index (χ4n) is 2.62. The maximum atomic E-state index is 12.6. The van der Waals surface area contributed by atoms with Crippen molar-refractivity contribution in [3.05, 3.63) is 47.7 Å². The first-order valence-electron chi connectivity index (χ1n) is 7.69. The van der Waals surface area contributed by atoms with E-state index in [1.54, 1.807) is 17.8 Å². The highest BCUT2D eigenvalue weighted by Gasteiger charge is 2.19. The number of hydrazine groups is 1. The van der Waals surface area contributed by atoms with Gasteiger partial charge in [-0.3, -0.25) is 14.9 Å². The number of amides is 3. The molecule has 0 aliphatic heterocycles. The molecule has 3 aromatic rings. The van der Waals surface area contributed by atoms with Crippen molar-refractivity contribution in [2.75, 3.05) is 7.05 Å². The van der Waals surface area contributed by atoms with Crippen molar-refractivity contribution in [3.8, 4) is 11.3 Å². The summed E-state index contributed by atoms with van der Waals surface area (Å²) in [5.41, 5.74) is 7.90. The third-order valence-corrected chi connectivity index (χ3v) is 3.80. The molecule has 0 fully saturated rings. The van der Waals surface area contributed by atoms with Crippen LogP contribution in [-0.2, 0) is 7.05 Å². The van der Waals surface area contributed by atoms with Gasteiger partial charge in [0.15, 0.2) is 5.65 Å². The smallest absolute Gasteiger partial charge is 0.333 e. The van der Waals surface area contributed by atoms with Crippen LogP contribution in [-0.4, -0.2) is 33.8 Å². The van der Waals surface area contributed by atoms with E-state index in [1.165, 1.54) is 7.05 Å². The third-order valence-electron chi connectivity index (χ3n) is 3.80. The van der Waals surface area contributed by atoms with Crippen molar-refractivity contribution in [2.24, 2.45) is 7.05 Å². The first-order chi connectivity index (χ1) is 12.0. The molecule has 3 N–H and O–H groups in total. The Bertz CT molecular complexity index is 949. The standard InChI is InChI=1S/C17H18N6O2/c1-10-14-12(16(24)20-21-17(25)18-2)9-13(11-7-5-4-6-8-11)19-15(14)23(3)22-10/h4-9H,1-3H3,(H,20,24)(H2,18,21,25). The van der Waals surface area contributed by atoms with Gasteiger partial charge >= 0.3 is 6.03 Å². The minimum absolute atomic E-state index is 0.394. The number of nitrogens with one attached hydrogen (secondary N) is 3. The zero-order chi connectivity index (χ0) is 18.0. The number of carbonyl (C=O) groups excluding carboxylic acids is 2. The van der Waals surface area contributed by atoms with E-state index in [2.05, 4.69) is 26.3 Å². The average molecular weight is 338 g/mol. The number of pyridine rings is 1. The van der Waals surface area contributed by atoms with Crippen molar-refractivity contribution in [2.45, 2.75) is 6.92 Å². The van der Waals surface area contributed by atoms with Gasteiger partial charge in [-0.1, -0.05) is 30.3 Å². The Morgan fingerprint density at radius 2 is 1.84 bits per heavy atom. The third kappa shape index (κ3) is 3.14. The molecule has 0 aliphatic rings. The van der Waals surface area contributed by atoms with Gasteiger partial charge in [-0.2, -0.15) is 5.10 Å². The van der Waals surface area contributed by atoms with Crippen LogP contribution in [0.3, 0.4) is 0 Å². The van der Waals surface area contributed by atoms with E-state index in [0.29, 0.717) is 28.0 Å². The molecule has 2 heterocycles. The number of aryl methyl sites for hydroxylation is 2. The van der Waals surface area contributed by atoms with E-state index >= 15 is 0 Å². The molecule has 0 unspecified atom stereocenters. The van der Waals surface area contributed by atoms with E-state index in [-0.39, 0.29) is 0 Å². The molecule has 8 nitrogen and oxygen atoms in total. The summed E-state index contributed by atoms with van der Waals surface area (Å²) >= 11 is 0. The molecule has 0 saturated carbocycles. The quantitative estimate of drug-likeness (QED) is 0.617. The van der Waals surface area contributed by atoms with Crippen molar-refractivity contribution >= 4 is 23.0 Å². The van der Waals surface area contributed by atoms with Gasteiger partial charge in [-0.25, -0.2) is 15.2 Å². The number of aromatic nitrogens is 3. The lowest BCUT2D eigenvalue weighted by Gasteiger charge is -2.10. The normalized spacial score (nSPS) is 10.5. The van der Waals surface area contributed by atoms with Crippen LogP contribution in [0, 0.1) is 6.92 Å². The Balaban J connectivity index is 2.12. The summed E-state index contributed by atoms with van der Waals surface area (Å²) in [5, 5.41) is 7.37. The Labute approximate surface area is 144 Å². The molecule has 0 saturated heterocycles. The average Bonchev–Trinajstić information content (AvgIpc) is 2.93. The van der Waals surface area contributed by atoms with Crippen LogP contribution in [0.1, 0.15) is 16.1 Å². The van der Waals surface area contributed by atoms with Crippen LogP contribution in [0.15, 0.2) is 36.4 Å². The lowest BCUT2D eigenvalue weighted by Crippen LogP contribution is -2.45. The number of carbonyl (C=O) groups is 2. The fourth-order valence-corrected chi connectivity index (χ4v) is 2.62. The largest absolute Gasteiger partial charge is 0.340 e. The van der Waals surface area contributed by atoms with Gasteiger partial charge in [0.25, 0.3) is 5.91 Å². The van der Waals surface area contributed by atoms with Crippen molar-refractivity contribution in [1.82, 2.24) is 30.9 Å². The Morgan fingerprint density at radius 1 is 1.12 bits per heavy atom. The van der Waals surface area contributed by atoms with E-state index in [4.69, 9.17) is 0 Å². The van der Waals surface area contributed by atoms with Gasteiger partial charge in [0.2, 0.25) is 0 Å². The molecule has 128 valence electrons. The van der Waals surface area contributed by atoms with Gasteiger partial charge in [0, 0.05) is 19.7 Å². The summed E-state index contributed by atoms with van der Waals surface area (Å²) in [5.74, 6) is -0.440. The Morgan fingerprint density at radius 3 is 2.52 bits per heavy atom.